The number of hydrogen-bond acceptors (Lipinski definition) is 5. The van der Waals surface area contributed by atoms with Gasteiger partial charge in [-0.3, -0.25) is 9.89 Å². The monoisotopic (exact) mass is 460 g/mol. The van der Waals surface area contributed by atoms with E-state index in [1.165, 1.54) is 0 Å². The second-order valence-corrected chi connectivity index (χ2v) is 8.13. The van der Waals surface area contributed by atoms with Crippen molar-refractivity contribution in [1.82, 2.24) is 10.2 Å². The van der Waals surface area contributed by atoms with Crippen molar-refractivity contribution in [2.24, 2.45) is 0 Å². The summed E-state index contributed by atoms with van der Waals surface area (Å²) < 4.78 is 16.6. The Morgan fingerprint density at radius 3 is 2.48 bits per heavy atom. The summed E-state index contributed by atoms with van der Waals surface area (Å²) in [5, 5.41) is 7.97. The molecule has 0 radical (unpaired) electrons. The highest BCUT2D eigenvalue weighted by atomic mass is 35.5. The fourth-order valence-electron chi connectivity index (χ4n) is 3.99. The maximum atomic E-state index is 12.3. The second kappa shape index (κ2) is 9.00. The van der Waals surface area contributed by atoms with Gasteiger partial charge in [0.2, 0.25) is 5.88 Å². The molecule has 0 fully saturated rings. The summed E-state index contributed by atoms with van der Waals surface area (Å²) in [6, 6.07) is 23.0. The summed E-state index contributed by atoms with van der Waals surface area (Å²) in [5.41, 5.74) is 4.53. The number of hydrogen-bond donors (Lipinski definition) is 1. The van der Waals surface area contributed by atoms with Crippen LogP contribution in [0.25, 0.3) is 11.3 Å². The number of carbonyl (C=O) groups is 1. The van der Waals surface area contributed by atoms with Gasteiger partial charge < -0.3 is 14.2 Å². The van der Waals surface area contributed by atoms with Crippen LogP contribution in [-0.4, -0.2) is 23.3 Å². The Kier molecular flexibility index (Phi) is 5.75. The van der Waals surface area contributed by atoms with Crippen molar-refractivity contribution in [1.29, 1.82) is 0 Å². The number of aromatic amines is 1. The fraction of sp³-hybridized carbons (Fsp3) is 0.154. The molecule has 33 heavy (non-hydrogen) atoms. The molecule has 1 aromatic heterocycles. The van der Waals surface area contributed by atoms with Crippen LogP contribution in [0.2, 0.25) is 5.02 Å². The smallest absolute Gasteiger partial charge is 0.313 e. The van der Waals surface area contributed by atoms with Crippen molar-refractivity contribution < 1.29 is 19.0 Å². The summed E-state index contributed by atoms with van der Waals surface area (Å²) in [7, 11) is 1.63. The molecule has 0 aliphatic carbocycles. The van der Waals surface area contributed by atoms with Gasteiger partial charge in [0.05, 0.1) is 24.8 Å². The lowest BCUT2D eigenvalue weighted by atomic mass is 9.86. The highest BCUT2D eigenvalue weighted by Crippen LogP contribution is 2.43. The van der Waals surface area contributed by atoms with E-state index in [9.17, 15) is 4.79 Å². The minimum atomic E-state index is -0.306. The molecule has 1 aliphatic heterocycles. The molecule has 6 nitrogen and oxygen atoms in total. The van der Waals surface area contributed by atoms with E-state index < -0.39 is 0 Å². The first kappa shape index (κ1) is 21.1. The van der Waals surface area contributed by atoms with Gasteiger partial charge in [0.15, 0.2) is 0 Å². The van der Waals surface area contributed by atoms with Gasteiger partial charge in [-0.1, -0.05) is 41.9 Å². The number of fused-ring (bicyclic) bond motifs is 1. The lowest BCUT2D eigenvalue weighted by Crippen LogP contribution is -2.20. The third-order valence-electron chi connectivity index (χ3n) is 5.71. The van der Waals surface area contributed by atoms with Crippen LogP contribution in [0.3, 0.4) is 0 Å². The Labute approximate surface area is 196 Å². The first-order valence-electron chi connectivity index (χ1n) is 10.5. The largest absolute Gasteiger partial charge is 0.497 e. The Hall–Kier alpha value is -3.77. The maximum Gasteiger partial charge on any atom is 0.313 e. The summed E-state index contributed by atoms with van der Waals surface area (Å²) in [6.45, 7) is 0.377. The molecule has 0 bridgehead atoms. The van der Waals surface area contributed by atoms with Crippen LogP contribution in [-0.2, 0) is 11.4 Å². The van der Waals surface area contributed by atoms with E-state index in [0.717, 1.165) is 39.4 Å². The SMILES string of the molecule is COc1ccc(-c2[nH]nc3c2[C@H](c2ccc(OCc4ccccc4Cl)cc2)CC(=O)O3)cc1. The minimum Gasteiger partial charge on any atom is -0.497 e. The highest BCUT2D eigenvalue weighted by molar-refractivity contribution is 6.31. The van der Waals surface area contributed by atoms with Crippen LogP contribution in [0.5, 0.6) is 17.4 Å². The van der Waals surface area contributed by atoms with Crippen LogP contribution in [0.15, 0.2) is 72.8 Å². The number of nitrogens with zero attached hydrogens (tertiary/aromatic N) is 1. The lowest BCUT2D eigenvalue weighted by Gasteiger charge is -2.22. The summed E-state index contributed by atoms with van der Waals surface area (Å²) in [4.78, 5) is 12.3. The average Bonchev–Trinajstić information content (AvgIpc) is 3.27. The van der Waals surface area contributed by atoms with Crippen molar-refractivity contribution in [3.05, 3.63) is 94.5 Å². The Bertz CT molecular complexity index is 1280. The normalized spacial score (nSPS) is 15.0. The van der Waals surface area contributed by atoms with Gasteiger partial charge in [0.1, 0.15) is 18.1 Å². The molecule has 0 saturated carbocycles. The number of halogens is 1. The van der Waals surface area contributed by atoms with Gasteiger partial charge in [-0.25, -0.2) is 0 Å². The van der Waals surface area contributed by atoms with Gasteiger partial charge in [0, 0.05) is 22.1 Å². The van der Waals surface area contributed by atoms with E-state index in [2.05, 4.69) is 10.2 Å². The standard InChI is InChI=1S/C26H21ClN2O4/c1-31-19-10-8-17(9-11-19)25-24-21(14-23(30)33-26(24)29-28-25)16-6-12-20(13-7-16)32-15-18-4-2-3-5-22(18)27/h2-13,21H,14-15H2,1H3,(H,28,29)/t21-/m0/s1. The van der Waals surface area contributed by atoms with Gasteiger partial charge >= 0.3 is 5.97 Å². The molecule has 0 amide bonds. The predicted octanol–water partition coefficient (Wildman–Crippen LogP) is 5.76. The Morgan fingerprint density at radius 2 is 1.76 bits per heavy atom. The number of H-pyrrole nitrogens is 1. The molecule has 4 aromatic rings. The summed E-state index contributed by atoms with van der Waals surface area (Å²) in [5.74, 6) is 1.32. The molecule has 166 valence electrons. The number of aromatic nitrogens is 2. The minimum absolute atomic E-state index is 0.185. The second-order valence-electron chi connectivity index (χ2n) is 7.73. The Morgan fingerprint density at radius 1 is 1.03 bits per heavy atom. The summed E-state index contributed by atoms with van der Waals surface area (Å²) in [6.07, 6.45) is 0.232. The van der Waals surface area contributed by atoms with Crippen molar-refractivity contribution >= 4 is 17.6 Å². The van der Waals surface area contributed by atoms with Gasteiger partial charge in [0.25, 0.3) is 0 Å². The first-order valence-corrected chi connectivity index (χ1v) is 10.9. The topological polar surface area (TPSA) is 73.4 Å². The fourth-order valence-corrected chi connectivity index (χ4v) is 4.18. The van der Waals surface area contributed by atoms with E-state index in [0.29, 0.717) is 17.5 Å². The van der Waals surface area contributed by atoms with Crippen molar-refractivity contribution in [2.45, 2.75) is 18.9 Å². The third-order valence-corrected chi connectivity index (χ3v) is 6.08. The third kappa shape index (κ3) is 4.30. The molecule has 0 unspecified atom stereocenters. The Balaban J connectivity index is 1.41. The molecule has 1 aliphatic rings. The van der Waals surface area contributed by atoms with E-state index in [1.54, 1.807) is 7.11 Å². The number of esters is 1. The van der Waals surface area contributed by atoms with Crippen LogP contribution < -0.4 is 14.2 Å². The predicted molar refractivity (Wildman–Crippen MR) is 125 cm³/mol. The summed E-state index contributed by atoms with van der Waals surface area (Å²) >= 11 is 6.21. The van der Waals surface area contributed by atoms with Crippen LogP contribution >= 0.6 is 11.6 Å². The van der Waals surface area contributed by atoms with E-state index in [-0.39, 0.29) is 18.3 Å². The molecule has 7 heteroatoms. The van der Waals surface area contributed by atoms with E-state index in [4.69, 9.17) is 25.8 Å². The molecule has 2 heterocycles. The molecule has 1 atom stereocenters. The van der Waals surface area contributed by atoms with Crippen LogP contribution in [0.1, 0.15) is 29.0 Å². The lowest BCUT2D eigenvalue weighted by molar-refractivity contribution is -0.135. The van der Waals surface area contributed by atoms with Crippen LogP contribution in [0, 0.1) is 0 Å². The van der Waals surface area contributed by atoms with Crippen LogP contribution in [0.4, 0.5) is 0 Å². The molecular weight excluding hydrogens is 440 g/mol. The number of methoxy groups -OCH3 is 1. The quantitative estimate of drug-likeness (QED) is 0.370. The number of ether oxygens (including phenoxy) is 3. The van der Waals surface area contributed by atoms with Gasteiger partial charge in [-0.2, -0.15) is 0 Å². The number of rotatable bonds is 6. The number of carbonyl (C=O) groups excluding carboxylic acids is 1. The van der Waals surface area contributed by atoms with Gasteiger partial charge in [-0.15, -0.1) is 5.10 Å². The molecular formula is C26H21ClN2O4. The molecule has 3 aromatic carbocycles. The van der Waals surface area contributed by atoms with Crippen molar-refractivity contribution in [3.63, 3.8) is 0 Å². The number of benzene rings is 3. The highest BCUT2D eigenvalue weighted by Gasteiger charge is 2.34. The molecule has 1 N–H and O–H groups in total. The van der Waals surface area contributed by atoms with Crippen molar-refractivity contribution in [2.75, 3.05) is 7.11 Å². The van der Waals surface area contributed by atoms with E-state index in [1.807, 2.05) is 72.8 Å². The zero-order valence-corrected chi connectivity index (χ0v) is 18.6. The maximum absolute atomic E-state index is 12.3. The van der Waals surface area contributed by atoms with Crippen molar-refractivity contribution in [3.8, 4) is 28.6 Å². The molecule has 0 spiro atoms. The molecule has 0 saturated heterocycles. The number of nitrogens with one attached hydrogen (secondary N) is 1. The average molecular weight is 461 g/mol. The zero-order valence-electron chi connectivity index (χ0n) is 17.9. The first-order chi connectivity index (χ1) is 16.1. The molecule has 5 rings (SSSR count). The van der Waals surface area contributed by atoms with Gasteiger partial charge in [-0.05, 0) is 48.0 Å². The van der Waals surface area contributed by atoms with E-state index >= 15 is 0 Å². The zero-order chi connectivity index (χ0) is 22.8.